The Morgan fingerprint density at radius 1 is 1.23 bits per heavy atom. The maximum Gasteiger partial charge on any atom is 0.318 e. The van der Waals surface area contributed by atoms with Crippen molar-refractivity contribution in [1.29, 1.82) is 0 Å². The first-order chi connectivity index (χ1) is 12.4. The molecular weight excluding hydrogens is 372 g/mol. The molecule has 0 amide bonds. The Morgan fingerprint density at radius 3 is 2.69 bits per heavy atom. The highest BCUT2D eigenvalue weighted by Crippen LogP contribution is 2.28. The fourth-order valence-corrected chi connectivity index (χ4v) is 3.73. The molecule has 2 aromatic carbocycles. The number of rotatable bonds is 4. The summed E-state index contributed by atoms with van der Waals surface area (Å²) in [5.41, 5.74) is 1.77. The van der Waals surface area contributed by atoms with Crippen LogP contribution in [0.15, 0.2) is 52.4 Å². The van der Waals surface area contributed by atoms with Crippen molar-refractivity contribution in [3.63, 3.8) is 0 Å². The highest BCUT2D eigenvalue weighted by molar-refractivity contribution is 8.00. The number of para-hydroxylation sites is 1. The molecule has 7 heteroatoms. The zero-order valence-electron chi connectivity index (χ0n) is 14.5. The van der Waals surface area contributed by atoms with E-state index in [2.05, 4.69) is 4.98 Å². The lowest BCUT2D eigenvalue weighted by atomic mass is 10.2. The molecule has 0 bridgehead atoms. The Balaban J connectivity index is 2.29. The van der Waals surface area contributed by atoms with E-state index < -0.39 is 5.25 Å². The predicted octanol–water partition coefficient (Wildman–Crippen LogP) is 4.00. The topological polar surface area (TPSA) is 61.2 Å². The molecule has 1 heterocycles. The van der Waals surface area contributed by atoms with Crippen molar-refractivity contribution < 1.29 is 9.53 Å². The number of hydrogen-bond acceptors (Lipinski definition) is 5. The van der Waals surface area contributed by atoms with Crippen molar-refractivity contribution in [3.05, 3.63) is 63.4 Å². The zero-order valence-corrected chi connectivity index (χ0v) is 16.1. The van der Waals surface area contributed by atoms with Crippen molar-refractivity contribution in [2.24, 2.45) is 0 Å². The maximum absolute atomic E-state index is 13.2. The quantitative estimate of drug-likeness (QED) is 0.384. The Labute approximate surface area is 160 Å². The van der Waals surface area contributed by atoms with Gasteiger partial charge < -0.3 is 4.74 Å². The number of ether oxygens (including phenoxy) is 1. The molecule has 3 aromatic rings. The highest BCUT2D eigenvalue weighted by Gasteiger charge is 2.21. The number of methoxy groups -OCH3 is 1. The third-order valence-electron chi connectivity index (χ3n) is 4.04. The molecule has 0 radical (unpaired) electrons. The molecule has 0 spiro atoms. The Morgan fingerprint density at radius 2 is 1.96 bits per heavy atom. The van der Waals surface area contributed by atoms with E-state index in [4.69, 9.17) is 16.3 Å². The van der Waals surface area contributed by atoms with Crippen LogP contribution in [0.3, 0.4) is 0 Å². The summed E-state index contributed by atoms with van der Waals surface area (Å²) in [4.78, 5) is 29.7. The van der Waals surface area contributed by atoms with E-state index in [0.717, 1.165) is 5.56 Å². The van der Waals surface area contributed by atoms with Crippen molar-refractivity contribution in [1.82, 2.24) is 9.55 Å². The summed E-state index contributed by atoms with van der Waals surface area (Å²) in [5, 5.41) is 0.956. The van der Waals surface area contributed by atoms with Crippen LogP contribution in [0.25, 0.3) is 16.6 Å². The minimum Gasteiger partial charge on any atom is -0.468 e. The largest absolute Gasteiger partial charge is 0.468 e. The van der Waals surface area contributed by atoms with Gasteiger partial charge in [0.1, 0.15) is 5.25 Å². The van der Waals surface area contributed by atoms with Crippen molar-refractivity contribution in [3.8, 4) is 5.69 Å². The molecule has 1 aromatic heterocycles. The Bertz CT molecular complexity index is 1050. The first kappa shape index (κ1) is 18.5. The fourth-order valence-electron chi connectivity index (χ4n) is 2.61. The van der Waals surface area contributed by atoms with Gasteiger partial charge in [0.25, 0.3) is 5.56 Å². The van der Waals surface area contributed by atoms with Gasteiger partial charge in [-0.1, -0.05) is 41.6 Å². The summed E-state index contributed by atoms with van der Waals surface area (Å²) in [6.45, 7) is 3.56. The molecule has 0 fully saturated rings. The van der Waals surface area contributed by atoms with E-state index >= 15 is 0 Å². The summed E-state index contributed by atoms with van der Waals surface area (Å²) in [5.74, 6) is -0.383. The highest BCUT2D eigenvalue weighted by atomic mass is 35.5. The van der Waals surface area contributed by atoms with E-state index in [1.54, 1.807) is 37.3 Å². The zero-order chi connectivity index (χ0) is 18.8. The van der Waals surface area contributed by atoms with E-state index in [1.165, 1.54) is 23.4 Å². The first-order valence-electron chi connectivity index (χ1n) is 7.95. The van der Waals surface area contributed by atoms with Crippen molar-refractivity contribution in [2.75, 3.05) is 7.11 Å². The average Bonchev–Trinajstić information content (AvgIpc) is 2.64. The summed E-state index contributed by atoms with van der Waals surface area (Å²) < 4.78 is 6.30. The van der Waals surface area contributed by atoms with Crippen LogP contribution >= 0.6 is 23.4 Å². The number of hydrogen-bond donors (Lipinski definition) is 0. The lowest BCUT2D eigenvalue weighted by molar-refractivity contribution is -0.139. The predicted molar refractivity (Wildman–Crippen MR) is 104 cm³/mol. The lowest BCUT2D eigenvalue weighted by Gasteiger charge is -2.17. The number of benzene rings is 2. The molecule has 0 unspecified atom stereocenters. The third-order valence-corrected chi connectivity index (χ3v) is 5.48. The number of nitrogens with zero attached hydrogens (tertiary/aromatic N) is 2. The number of carbonyl (C=O) groups excluding carboxylic acids is 1. The van der Waals surface area contributed by atoms with Gasteiger partial charge in [0, 0.05) is 5.02 Å². The second kappa shape index (κ2) is 7.51. The molecule has 0 aliphatic heterocycles. The normalized spacial score (nSPS) is 12.2. The maximum atomic E-state index is 13.2. The number of aromatic nitrogens is 2. The molecular formula is C19H17ClN2O3S. The minimum absolute atomic E-state index is 0.208. The average molecular weight is 389 g/mol. The third kappa shape index (κ3) is 3.34. The first-order valence-corrected chi connectivity index (χ1v) is 9.21. The smallest absolute Gasteiger partial charge is 0.318 e. The number of carbonyl (C=O) groups is 1. The van der Waals surface area contributed by atoms with Gasteiger partial charge in [0.05, 0.1) is 23.7 Å². The van der Waals surface area contributed by atoms with Gasteiger partial charge in [-0.2, -0.15) is 0 Å². The van der Waals surface area contributed by atoms with E-state index in [0.29, 0.717) is 26.8 Å². The van der Waals surface area contributed by atoms with Gasteiger partial charge in [-0.25, -0.2) is 4.98 Å². The summed E-state index contributed by atoms with van der Waals surface area (Å²) in [7, 11) is 1.33. The summed E-state index contributed by atoms with van der Waals surface area (Å²) in [6, 6.07) is 12.5. The number of esters is 1. The van der Waals surface area contributed by atoms with Crippen LogP contribution in [0, 0.1) is 6.92 Å². The SMILES string of the molecule is COC(=O)[C@H](C)Sc1nc2ccccc2c(=O)n1-c1cccc(Cl)c1C. The molecule has 0 saturated carbocycles. The van der Waals surface area contributed by atoms with E-state index in [9.17, 15) is 9.59 Å². The van der Waals surface area contributed by atoms with Gasteiger partial charge >= 0.3 is 5.97 Å². The van der Waals surface area contributed by atoms with Gasteiger partial charge in [0.2, 0.25) is 0 Å². The molecule has 0 aliphatic carbocycles. The second-order valence-corrected chi connectivity index (χ2v) is 7.43. The van der Waals surface area contributed by atoms with Crippen LogP contribution in [-0.4, -0.2) is 27.9 Å². The van der Waals surface area contributed by atoms with Crippen LogP contribution in [-0.2, 0) is 9.53 Å². The molecule has 0 saturated heterocycles. The monoisotopic (exact) mass is 388 g/mol. The lowest BCUT2D eigenvalue weighted by Crippen LogP contribution is -2.24. The van der Waals surface area contributed by atoms with Crippen LogP contribution < -0.4 is 5.56 Å². The van der Waals surface area contributed by atoms with E-state index in [1.807, 2.05) is 19.1 Å². The molecule has 3 rings (SSSR count). The van der Waals surface area contributed by atoms with Crippen LogP contribution in [0.4, 0.5) is 0 Å². The van der Waals surface area contributed by atoms with Gasteiger partial charge in [-0.05, 0) is 43.7 Å². The van der Waals surface area contributed by atoms with Gasteiger partial charge in [-0.3, -0.25) is 14.2 Å². The number of fused-ring (bicyclic) bond motifs is 1. The van der Waals surface area contributed by atoms with Crippen LogP contribution in [0.5, 0.6) is 0 Å². The van der Waals surface area contributed by atoms with Crippen LogP contribution in [0.2, 0.25) is 5.02 Å². The van der Waals surface area contributed by atoms with Crippen molar-refractivity contribution >= 4 is 40.2 Å². The summed E-state index contributed by atoms with van der Waals surface area (Å²) in [6.07, 6.45) is 0. The van der Waals surface area contributed by atoms with Crippen LogP contribution in [0.1, 0.15) is 12.5 Å². The molecule has 134 valence electrons. The second-order valence-electron chi connectivity index (χ2n) is 5.72. The molecule has 0 N–H and O–H groups in total. The van der Waals surface area contributed by atoms with Crippen molar-refractivity contribution in [2.45, 2.75) is 24.3 Å². The fraction of sp³-hybridized carbons (Fsp3) is 0.211. The summed E-state index contributed by atoms with van der Waals surface area (Å²) >= 11 is 7.42. The Kier molecular flexibility index (Phi) is 5.34. The van der Waals surface area contributed by atoms with E-state index in [-0.39, 0.29) is 11.5 Å². The molecule has 26 heavy (non-hydrogen) atoms. The minimum atomic E-state index is -0.515. The molecule has 1 atom stereocenters. The van der Waals surface area contributed by atoms with Gasteiger partial charge in [0.15, 0.2) is 5.16 Å². The Hall–Kier alpha value is -2.31. The standard InChI is InChI=1S/C19H17ClN2O3S/c1-11-14(20)8-6-10-16(11)22-17(23)13-7-4-5-9-15(13)21-19(22)26-12(2)18(24)25-3/h4-10,12H,1-3H3/t12-/m0/s1. The molecule has 0 aliphatic rings. The number of thioether (sulfide) groups is 1. The number of halogens is 1. The van der Waals surface area contributed by atoms with Gasteiger partial charge in [-0.15, -0.1) is 0 Å². The molecule has 5 nitrogen and oxygen atoms in total.